The molecule has 0 aliphatic carbocycles. The van der Waals surface area contributed by atoms with Crippen LogP contribution in [0, 0.1) is 5.92 Å². The van der Waals surface area contributed by atoms with E-state index in [1.165, 1.54) is 7.11 Å². The molecule has 3 rings (SSSR count). The smallest absolute Gasteiger partial charge is 0.356 e. The minimum Gasteiger partial charge on any atom is -0.464 e. The molecule has 0 N–H and O–H groups in total. The summed E-state index contributed by atoms with van der Waals surface area (Å²) in [5, 5.41) is 0. The van der Waals surface area contributed by atoms with Gasteiger partial charge in [0.1, 0.15) is 5.69 Å². The Balaban J connectivity index is 1.60. The summed E-state index contributed by atoms with van der Waals surface area (Å²) in [6, 6.07) is 3.60. The third-order valence-corrected chi connectivity index (χ3v) is 4.37. The van der Waals surface area contributed by atoms with Gasteiger partial charge in [0.05, 0.1) is 19.6 Å². The third kappa shape index (κ3) is 3.44. The zero-order valence-corrected chi connectivity index (χ0v) is 13.2. The minimum absolute atomic E-state index is 0.0217. The molecule has 0 bridgehead atoms. The SMILES string of the molecule is COC(=O)c1cc(N2CCN(C(=O)C3CCOC3)CC2)ccn1. The van der Waals surface area contributed by atoms with Gasteiger partial charge in [-0.25, -0.2) is 9.78 Å². The molecule has 0 spiro atoms. The predicted octanol–water partition coefficient (Wildman–Crippen LogP) is 0.553. The van der Waals surface area contributed by atoms with Crippen molar-refractivity contribution in [1.29, 1.82) is 0 Å². The third-order valence-electron chi connectivity index (χ3n) is 4.37. The highest BCUT2D eigenvalue weighted by Gasteiger charge is 2.30. The summed E-state index contributed by atoms with van der Waals surface area (Å²) in [5.41, 5.74) is 1.23. The standard InChI is InChI=1S/C16H21N3O4/c1-22-16(21)14-10-13(2-4-17-14)18-5-7-19(8-6-18)15(20)12-3-9-23-11-12/h2,4,10,12H,3,5-9,11H2,1H3. The van der Waals surface area contributed by atoms with Crippen LogP contribution < -0.4 is 4.90 Å². The maximum Gasteiger partial charge on any atom is 0.356 e. The zero-order valence-electron chi connectivity index (χ0n) is 13.2. The van der Waals surface area contributed by atoms with Gasteiger partial charge in [-0.2, -0.15) is 0 Å². The highest BCUT2D eigenvalue weighted by Crippen LogP contribution is 2.20. The average molecular weight is 319 g/mol. The number of methoxy groups -OCH3 is 1. The summed E-state index contributed by atoms with van der Waals surface area (Å²) >= 11 is 0. The fraction of sp³-hybridized carbons (Fsp3) is 0.562. The Labute approximate surface area is 135 Å². The van der Waals surface area contributed by atoms with Gasteiger partial charge in [-0.3, -0.25) is 4.79 Å². The van der Waals surface area contributed by atoms with E-state index >= 15 is 0 Å². The van der Waals surface area contributed by atoms with Crippen LogP contribution in [0.3, 0.4) is 0 Å². The molecule has 1 aromatic heterocycles. The molecule has 7 nitrogen and oxygen atoms in total. The predicted molar refractivity (Wildman–Crippen MR) is 83.3 cm³/mol. The van der Waals surface area contributed by atoms with E-state index in [1.54, 1.807) is 12.3 Å². The molecule has 1 aromatic rings. The van der Waals surface area contributed by atoms with Gasteiger partial charge in [0, 0.05) is 44.7 Å². The molecule has 2 saturated heterocycles. The number of ether oxygens (including phenoxy) is 2. The molecule has 2 fully saturated rings. The van der Waals surface area contributed by atoms with Crippen LogP contribution in [0.5, 0.6) is 0 Å². The first-order valence-electron chi connectivity index (χ1n) is 7.85. The molecule has 2 aliphatic rings. The Kier molecular flexibility index (Phi) is 4.76. The molecule has 23 heavy (non-hydrogen) atoms. The summed E-state index contributed by atoms with van der Waals surface area (Å²) in [7, 11) is 1.34. The number of amides is 1. The van der Waals surface area contributed by atoms with Crippen molar-refractivity contribution in [3.8, 4) is 0 Å². The van der Waals surface area contributed by atoms with E-state index in [0.29, 0.717) is 32.0 Å². The number of hydrogen-bond donors (Lipinski definition) is 0. The van der Waals surface area contributed by atoms with E-state index in [0.717, 1.165) is 25.2 Å². The van der Waals surface area contributed by atoms with Crippen LogP contribution in [0.25, 0.3) is 0 Å². The molecule has 3 heterocycles. The highest BCUT2D eigenvalue weighted by molar-refractivity contribution is 5.88. The molecule has 0 saturated carbocycles. The number of carbonyl (C=O) groups excluding carboxylic acids is 2. The van der Waals surface area contributed by atoms with Crippen LogP contribution in [0.2, 0.25) is 0 Å². The first-order valence-corrected chi connectivity index (χ1v) is 7.85. The van der Waals surface area contributed by atoms with Crippen LogP contribution in [0.1, 0.15) is 16.9 Å². The number of esters is 1. The number of pyridine rings is 1. The molecule has 0 aromatic carbocycles. The molecule has 1 unspecified atom stereocenters. The van der Waals surface area contributed by atoms with Gasteiger partial charge >= 0.3 is 5.97 Å². The van der Waals surface area contributed by atoms with Crippen LogP contribution in [0.15, 0.2) is 18.3 Å². The molecular weight excluding hydrogens is 298 g/mol. The fourth-order valence-corrected chi connectivity index (χ4v) is 3.00. The van der Waals surface area contributed by atoms with Crippen LogP contribution >= 0.6 is 0 Å². The second-order valence-electron chi connectivity index (χ2n) is 5.76. The number of anilines is 1. The van der Waals surface area contributed by atoms with Crippen molar-refractivity contribution >= 4 is 17.6 Å². The summed E-state index contributed by atoms with van der Waals surface area (Å²) in [6.07, 6.45) is 2.43. The zero-order chi connectivity index (χ0) is 16.2. The van der Waals surface area contributed by atoms with E-state index in [4.69, 9.17) is 9.47 Å². The van der Waals surface area contributed by atoms with Crippen LogP contribution in [0.4, 0.5) is 5.69 Å². The van der Waals surface area contributed by atoms with Crippen molar-refractivity contribution in [2.75, 3.05) is 51.4 Å². The van der Waals surface area contributed by atoms with Gasteiger partial charge in [-0.15, -0.1) is 0 Å². The number of piperazine rings is 1. The van der Waals surface area contributed by atoms with Crippen molar-refractivity contribution in [3.05, 3.63) is 24.0 Å². The Morgan fingerprint density at radius 1 is 1.30 bits per heavy atom. The number of nitrogens with zero attached hydrogens (tertiary/aromatic N) is 3. The number of hydrogen-bond acceptors (Lipinski definition) is 6. The molecule has 124 valence electrons. The molecular formula is C16H21N3O4. The van der Waals surface area contributed by atoms with Gasteiger partial charge in [-0.1, -0.05) is 0 Å². The summed E-state index contributed by atoms with van der Waals surface area (Å²) in [6.45, 7) is 4.08. The van der Waals surface area contributed by atoms with Crippen molar-refractivity contribution in [3.63, 3.8) is 0 Å². The number of aromatic nitrogens is 1. The van der Waals surface area contributed by atoms with Gasteiger partial charge < -0.3 is 19.3 Å². The second-order valence-corrected chi connectivity index (χ2v) is 5.76. The highest BCUT2D eigenvalue weighted by atomic mass is 16.5. The van der Waals surface area contributed by atoms with E-state index < -0.39 is 5.97 Å². The van der Waals surface area contributed by atoms with E-state index in [1.807, 2.05) is 11.0 Å². The van der Waals surface area contributed by atoms with Crippen LogP contribution in [-0.2, 0) is 14.3 Å². The topological polar surface area (TPSA) is 72.0 Å². The Morgan fingerprint density at radius 2 is 2.09 bits per heavy atom. The Morgan fingerprint density at radius 3 is 2.74 bits per heavy atom. The van der Waals surface area contributed by atoms with E-state index in [2.05, 4.69) is 9.88 Å². The Hall–Kier alpha value is -2.15. The summed E-state index contributed by atoms with van der Waals surface area (Å²) in [5.74, 6) is -0.220. The van der Waals surface area contributed by atoms with E-state index in [-0.39, 0.29) is 11.8 Å². The Bertz CT molecular complexity index is 578. The second kappa shape index (κ2) is 6.95. The van der Waals surface area contributed by atoms with Crippen molar-refractivity contribution < 1.29 is 19.1 Å². The van der Waals surface area contributed by atoms with Gasteiger partial charge in [-0.05, 0) is 18.6 Å². The molecule has 0 radical (unpaired) electrons. The van der Waals surface area contributed by atoms with Gasteiger partial charge in [0.2, 0.25) is 5.91 Å². The van der Waals surface area contributed by atoms with Crippen molar-refractivity contribution in [1.82, 2.24) is 9.88 Å². The first kappa shape index (κ1) is 15.7. The lowest BCUT2D eigenvalue weighted by molar-refractivity contribution is -0.135. The monoisotopic (exact) mass is 319 g/mol. The maximum absolute atomic E-state index is 12.4. The van der Waals surface area contributed by atoms with E-state index in [9.17, 15) is 9.59 Å². The fourth-order valence-electron chi connectivity index (χ4n) is 3.00. The summed E-state index contributed by atoms with van der Waals surface area (Å²) in [4.78, 5) is 32.0. The molecule has 7 heteroatoms. The first-order chi connectivity index (χ1) is 11.2. The molecule has 1 amide bonds. The van der Waals surface area contributed by atoms with Gasteiger partial charge in [0.25, 0.3) is 0 Å². The summed E-state index contributed by atoms with van der Waals surface area (Å²) < 4.78 is 10.00. The average Bonchev–Trinajstić information content (AvgIpc) is 3.15. The number of rotatable bonds is 3. The largest absolute Gasteiger partial charge is 0.464 e. The maximum atomic E-state index is 12.4. The number of carbonyl (C=O) groups is 2. The molecule has 1 atom stereocenters. The van der Waals surface area contributed by atoms with Crippen LogP contribution in [-0.4, -0.2) is 68.3 Å². The quantitative estimate of drug-likeness (QED) is 0.758. The lowest BCUT2D eigenvalue weighted by Gasteiger charge is -2.37. The lowest BCUT2D eigenvalue weighted by atomic mass is 10.1. The van der Waals surface area contributed by atoms with Gasteiger partial charge in [0.15, 0.2) is 0 Å². The minimum atomic E-state index is -0.443. The normalized spacial score (nSPS) is 21.3. The molecule has 2 aliphatic heterocycles. The lowest BCUT2D eigenvalue weighted by Crippen LogP contribution is -2.50. The van der Waals surface area contributed by atoms with Crippen molar-refractivity contribution in [2.45, 2.75) is 6.42 Å². The van der Waals surface area contributed by atoms with Crippen molar-refractivity contribution in [2.24, 2.45) is 5.92 Å².